The van der Waals surface area contributed by atoms with Gasteiger partial charge in [0.2, 0.25) is 0 Å². The van der Waals surface area contributed by atoms with Crippen LogP contribution in [0.25, 0.3) is 58.8 Å². The summed E-state index contributed by atoms with van der Waals surface area (Å²) in [4.78, 5) is 2.51. The highest BCUT2D eigenvalue weighted by atomic mass is 32.1. The van der Waals surface area contributed by atoms with Gasteiger partial charge in [0.25, 0.3) is 0 Å². The monoisotopic (exact) mass is 672 g/mol. The minimum absolute atomic E-state index is 1.00. The maximum atomic E-state index is 2.51. The molecule has 0 radical (unpaired) electrons. The molecule has 0 saturated heterocycles. The molecule has 2 aliphatic rings. The number of aromatic nitrogens is 1. The van der Waals surface area contributed by atoms with Crippen molar-refractivity contribution in [3.8, 4) is 16.8 Å². The number of hydrogen-bond acceptors (Lipinski definition) is 2. The van der Waals surface area contributed by atoms with Crippen LogP contribution in [0.1, 0.15) is 25.7 Å². The van der Waals surface area contributed by atoms with Crippen molar-refractivity contribution < 1.29 is 0 Å². The summed E-state index contributed by atoms with van der Waals surface area (Å²) in [7, 11) is 0. The molecule has 2 aromatic heterocycles. The van der Waals surface area contributed by atoms with Crippen molar-refractivity contribution in [3.05, 3.63) is 187 Å². The van der Waals surface area contributed by atoms with E-state index in [0.717, 1.165) is 25.7 Å². The summed E-state index contributed by atoms with van der Waals surface area (Å²) in [6, 6.07) is 51.2. The quantitative estimate of drug-likeness (QED) is 0.171. The predicted octanol–water partition coefficient (Wildman–Crippen LogP) is 13.8. The number of rotatable bonds is 6. The lowest BCUT2D eigenvalue weighted by Crippen LogP contribution is -2.18. The van der Waals surface area contributed by atoms with E-state index in [9.17, 15) is 0 Å². The molecule has 0 saturated carbocycles. The molecule has 2 nitrogen and oxygen atoms in total. The summed E-state index contributed by atoms with van der Waals surface area (Å²) < 4.78 is 5.04. The van der Waals surface area contributed by atoms with Crippen molar-refractivity contribution in [3.63, 3.8) is 0 Å². The van der Waals surface area contributed by atoms with Gasteiger partial charge < -0.3 is 9.47 Å². The summed E-state index contributed by atoms with van der Waals surface area (Å²) >= 11 is 1.90. The zero-order valence-electron chi connectivity index (χ0n) is 28.3. The molecule has 0 amide bonds. The molecule has 2 heterocycles. The normalized spacial score (nSPS) is 14.6. The number of benzene rings is 6. The van der Waals surface area contributed by atoms with E-state index in [1.165, 1.54) is 87.0 Å². The summed E-state index contributed by atoms with van der Waals surface area (Å²) in [6.45, 7) is 0. The van der Waals surface area contributed by atoms with Crippen LogP contribution in [0.15, 0.2) is 187 Å². The smallest absolute Gasteiger partial charge is 0.0637 e. The topological polar surface area (TPSA) is 8.17 Å². The van der Waals surface area contributed by atoms with Crippen molar-refractivity contribution in [1.29, 1.82) is 0 Å². The van der Waals surface area contributed by atoms with Gasteiger partial charge in [-0.3, -0.25) is 0 Å². The highest BCUT2D eigenvalue weighted by molar-refractivity contribution is 7.26. The van der Waals surface area contributed by atoms with Crippen LogP contribution < -0.4 is 4.90 Å². The second kappa shape index (κ2) is 12.5. The SMILES string of the molecule is C1=CCCC(C2=CC=C(N(c3ccc(-c4ccc(-n5c6ccccc6c6ccccc65)cc4)cc3)c3cccc4c3sc3ccccc34)CC2)=C1. The van der Waals surface area contributed by atoms with Gasteiger partial charge in [-0.2, -0.15) is 0 Å². The number of hydrogen-bond donors (Lipinski definition) is 0. The van der Waals surface area contributed by atoms with Gasteiger partial charge in [0, 0.05) is 43.3 Å². The number of allylic oxidation sites excluding steroid dienone is 8. The highest BCUT2D eigenvalue weighted by Crippen LogP contribution is 2.45. The van der Waals surface area contributed by atoms with Gasteiger partial charge in [-0.15, -0.1) is 11.3 Å². The molecule has 3 heteroatoms. The Balaban J connectivity index is 1.03. The van der Waals surface area contributed by atoms with E-state index in [1.807, 2.05) is 11.3 Å². The van der Waals surface area contributed by atoms with Crippen molar-refractivity contribution in [2.45, 2.75) is 25.7 Å². The first-order valence-electron chi connectivity index (χ1n) is 18.0. The van der Waals surface area contributed by atoms with Crippen LogP contribution in [0.4, 0.5) is 11.4 Å². The van der Waals surface area contributed by atoms with Crippen molar-refractivity contribution in [1.82, 2.24) is 4.57 Å². The van der Waals surface area contributed by atoms with E-state index >= 15 is 0 Å². The molecule has 6 aromatic carbocycles. The second-order valence-corrected chi connectivity index (χ2v) is 14.6. The third kappa shape index (κ3) is 5.16. The molecular weight excluding hydrogens is 637 g/mol. The summed E-state index contributed by atoms with van der Waals surface area (Å²) in [5.41, 5.74) is 12.8. The molecule has 2 aliphatic carbocycles. The van der Waals surface area contributed by atoms with Gasteiger partial charge in [0.1, 0.15) is 0 Å². The molecule has 0 atom stereocenters. The standard InChI is InChI=1S/C48H36N2S/c1-2-11-33(12-3-1)34-21-27-37(28-22-34)49(46-19-10-16-43-42-15-6-9-20-47(42)51-48(43)46)38-29-23-35(24-30-38)36-25-31-39(32-26-36)50-44-17-7-4-13-40(44)41-14-5-8-18-45(41)50/h1-2,4-11,13-21,23-27,29-32H,3,12,22,28H2. The van der Waals surface area contributed by atoms with E-state index in [2.05, 4.69) is 179 Å². The molecule has 0 unspecified atom stereocenters. The number of anilines is 2. The van der Waals surface area contributed by atoms with E-state index < -0.39 is 0 Å². The summed E-state index contributed by atoms with van der Waals surface area (Å²) in [5, 5.41) is 5.22. The third-order valence-corrected chi connectivity index (χ3v) is 11.8. The summed E-state index contributed by atoms with van der Waals surface area (Å²) in [6.07, 6.45) is 15.9. The van der Waals surface area contributed by atoms with Gasteiger partial charge in [0.05, 0.1) is 21.4 Å². The third-order valence-electron chi connectivity index (χ3n) is 10.6. The Morgan fingerprint density at radius 2 is 1.16 bits per heavy atom. The molecule has 8 aromatic rings. The summed E-state index contributed by atoms with van der Waals surface area (Å²) in [5.74, 6) is 0. The number of fused-ring (bicyclic) bond motifs is 6. The Bertz CT molecular complexity index is 2680. The Hall–Kier alpha value is -5.90. The molecule has 0 aliphatic heterocycles. The average molecular weight is 673 g/mol. The zero-order valence-corrected chi connectivity index (χ0v) is 29.1. The van der Waals surface area contributed by atoms with E-state index in [-0.39, 0.29) is 0 Å². The molecule has 10 rings (SSSR count). The van der Waals surface area contributed by atoms with Crippen LogP contribution in [-0.4, -0.2) is 4.57 Å². The van der Waals surface area contributed by atoms with Crippen LogP contribution in [0.2, 0.25) is 0 Å². The lowest BCUT2D eigenvalue weighted by molar-refractivity contribution is 0.851. The van der Waals surface area contributed by atoms with Gasteiger partial charge >= 0.3 is 0 Å². The van der Waals surface area contributed by atoms with E-state index in [4.69, 9.17) is 0 Å². The van der Waals surface area contributed by atoms with Crippen LogP contribution in [0, 0.1) is 0 Å². The second-order valence-electron chi connectivity index (χ2n) is 13.6. The first kappa shape index (κ1) is 30.0. The van der Waals surface area contributed by atoms with Crippen molar-refractivity contribution >= 4 is 64.7 Å². The van der Waals surface area contributed by atoms with Crippen molar-refractivity contribution in [2.75, 3.05) is 4.90 Å². The lowest BCUT2D eigenvalue weighted by Gasteiger charge is -2.31. The molecule has 51 heavy (non-hydrogen) atoms. The molecule has 0 spiro atoms. The van der Waals surface area contributed by atoms with Crippen LogP contribution in [0.5, 0.6) is 0 Å². The fourth-order valence-electron chi connectivity index (χ4n) is 8.12. The van der Waals surface area contributed by atoms with Crippen LogP contribution >= 0.6 is 11.3 Å². The molecule has 0 N–H and O–H groups in total. The molecule has 244 valence electrons. The first-order valence-corrected chi connectivity index (χ1v) is 18.8. The first-order chi connectivity index (χ1) is 25.3. The maximum absolute atomic E-state index is 2.51. The fourth-order valence-corrected chi connectivity index (χ4v) is 9.33. The fraction of sp³-hybridized carbons (Fsp3) is 0.0833. The lowest BCUT2D eigenvalue weighted by atomic mass is 9.90. The average Bonchev–Trinajstić information content (AvgIpc) is 3.76. The van der Waals surface area contributed by atoms with Gasteiger partial charge in [-0.05, 0) is 103 Å². The van der Waals surface area contributed by atoms with E-state index in [0.29, 0.717) is 0 Å². The predicted molar refractivity (Wildman–Crippen MR) is 220 cm³/mol. The van der Waals surface area contributed by atoms with Crippen LogP contribution in [0.3, 0.4) is 0 Å². The number of para-hydroxylation sites is 2. The molecule has 0 fully saturated rings. The van der Waals surface area contributed by atoms with E-state index in [1.54, 1.807) is 0 Å². The van der Waals surface area contributed by atoms with Crippen LogP contribution in [-0.2, 0) is 0 Å². The zero-order chi connectivity index (χ0) is 33.7. The molecule has 0 bridgehead atoms. The van der Waals surface area contributed by atoms with Gasteiger partial charge in [-0.25, -0.2) is 0 Å². The molecular formula is C48H36N2S. The largest absolute Gasteiger partial charge is 0.313 e. The Labute approximate surface area is 302 Å². The highest BCUT2D eigenvalue weighted by Gasteiger charge is 2.22. The Morgan fingerprint density at radius 1 is 0.510 bits per heavy atom. The minimum Gasteiger partial charge on any atom is -0.313 e. The van der Waals surface area contributed by atoms with Crippen molar-refractivity contribution in [2.24, 2.45) is 0 Å². The van der Waals surface area contributed by atoms with Gasteiger partial charge in [-0.1, -0.05) is 115 Å². The number of thiophene rings is 1. The Kier molecular flexibility index (Phi) is 7.32. The minimum atomic E-state index is 1.00. The number of nitrogens with zero attached hydrogens (tertiary/aromatic N) is 2. The Morgan fingerprint density at radius 3 is 1.84 bits per heavy atom. The van der Waals surface area contributed by atoms with Gasteiger partial charge in [0.15, 0.2) is 0 Å². The maximum Gasteiger partial charge on any atom is 0.0637 e.